The predicted octanol–water partition coefficient (Wildman–Crippen LogP) is 1.90. The molecule has 1 rings (SSSR count). The normalized spacial score (nSPS) is 9.58. The maximum Gasteiger partial charge on any atom is 0.252 e. The van der Waals surface area contributed by atoms with Gasteiger partial charge in [0.25, 0.3) is 5.91 Å². The molecule has 0 aliphatic heterocycles. The first-order valence-corrected chi connectivity index (χ1v) is 7.65. The number of thioether (sulfide) groups is 1. The third-order valence-corrected chi connectivity index (χ3v) is 3.23. The van der Waals surface area contributed by atoms with Crippen molar-refractivity contribution in [1.82, 2.24) is 5.32 Å². The van der Waals surface area contributed by atoms with Crippen LogP contribution in [0.5, 0.6) is 0 Å². The highest BCUT2D eigenvalue weighted by molar-refractivity contribution is 7.98. The topological polar surface area (TPSA) is 49.3 Å². The number of hydrogen-bond donors (Lipinski definition) is 2. The number of benzene rings is 1. The van der Waals surface area contributed by atoms with Gasteiger partial charge in [0.15, 0.2) is 0 Å². The summed E-state index contributed by atoms with van der Waals surface area (Å²) < 4.78 is 0. The summed E-state index contributed by atoms with van der Waals surface area (Å²) >= 11 is 1.81. The molecule has 0 heterocycles. The second kappa shape index (κ2) is 9.48. The van der Waals surface area contributed by atoms with Crippen molar-refractivity contribution in [3.8, 4) is 11.8 Å². The maximum absolute atomic E-state index is 12.0. The lowest BCUT2D eigenvalue weighted by Gasteiger charge is -2.06. The van der Waals surface area contributed by atoms with Crippen molar-refractivity contribution in [2.24, 2.45) is 0 Å². The predicted molar refractivity (Wildman–Crippen MR) is 80.4 cm³/mol. The van der Waals surface area contributed by atoms with Gasteiger partial charge in [-0.05, 0) is 37.0 Å². The molecule has 1 aromatic rings. The van der Waals surface area contributed by atoms with Crippen molar-refractivity contribution in [2.75, 3.05) is 25.2 Å². The van der Waals surface area contributed by atoms with Crippen molar-refractivity contribution in [1.29, 1.82) is 0 Å². The minimum Gasteiger partial charge on any atom is -0.384 e. The summed E-state index contributed by atoms with van der Waals surface area (Å²) in [5.41, 5.74) is 1.21. The van der Waals surface area contributed by atoms with E-state index in [0.717, 1.165) is 18.6 Å². The van der Waals surface area contributed by atoms with Crippen LogP contribution in [-0.4, -0.2) is 36.2 Å². The van der Waals surface area contributed by atoms with Crippen LogP contribution in [0.25, 0.3) is 0 Å². The monoisotopic (exact) mass is 277 g/mol. The molecular formula is C15H19NO2S. The zero-order valence-electron chi connectivity index (χ0n) is 11.1. The molecule has 102 valence electrons. The largest absolute Gasteiger partial charge is 0.384 e. The molecule has 0 fully saturated rings. The Morgan fingerprint density at radius 3 is 2.89 bits per heavy atom. The summed E-state index contributed by atoms with van der Waals surface area (Å²) in [5.74, 6) is 6.37. The van der Waals surface area contributed by atoms with Gasteiger partial charge in [-0.2, -0.15) is 11.8 Å². The minimum atomic E-state index is -0.204. The van der Waals surface area contributed by atoms with Gasteiger partial charge in [-0.25, -0.2) is 0 Å². The molecule has 0 unspecified atom stereocenters. The van der Waals surface area contributed by atoms with Crippen LogP contribution in [0.4, 0.5) is 0 Å². The lowest BCUT2D eigenvalue weighted by Crippen LogP contribution is -2.25. The highest BCUT2D eigenvalue weighted by Crippen LogP contribution is 2.07. The molecule has 0 spiro atoms. The summed E-state index contributed by atoms with van der Waals surface area (Å²) in [4.78, 5) is 12.0. The highest BCUT2D eigenvalue weighted by Gasteiger charge is 2.08. The van der Waals surface area contributed by atoms with Crippen molar-refractivity contribution in [3.05, 3.63) is 35.4 Å². The van der Waals surface area contributed by atoms with E-state index in [0.29, 0.717) is 17.7 Å². The first-order valence-electron chi connectivity index (χ1n) is 6.25. The number of carbonyl (C=O) groups excluding carboxylic acids is 1. The van der Waals surface area contributed by atoms with E-state index in [9.17, 15) is 4.79 Å². The number of hydrogen-bond acceptors (Lipinski definition) is 3. The molecular weight excluding hydrogens is 258 g/mol. The van der Waals surface area contributed by atoms with E-state index in [1.165, 1.54) is 0 Å². The van der Waals surface area contributed by atoms with Gasteiger partial charge in [0.2, 0.25) is 0 Å². The Morgan fingerprint density at radius 2 is 2.16 bits per heavy atom. The Bertz CT molecular complexity index is 463. The maximum atomic E-state index is 12.0. The molecule has 3 nitrogen and oxygen atoms in total. The molecule has 19 heavy (non-hydrogen) atoms. The van der Waals surface area contributed by atoms with Crippen LogP contribution >= 0.6 is 11.8 Å². The Labute approximate surface area is 118 Å². The number of aliphatic hydroxyl groups excluding tert-OH is 1. The molecule has 0 aliphatic rings. The fraction of sp³-hybridized carbons (Fsp3) is 0.400. The number of unbranched alkanes of at least 4 members (excludes halogenated alkanes) is 1. The summed E-state index contributed by atoms with van der Waals surface area (Å²) in [6.45, 7) is 0.478. The average molecular weight is 277 g/mol. The molecule has 0 saturated heterocycles. The second-order valence-electron chi connectivity index (χ2n) is 3.96. The molecule has 0 bridgehead atoms. The Morgan fingerprint density at radius 1 is 1.37 bits per heavy atom. The van der Waals surface area contributed by atoms with E-state index in [-0.39, 0.29) is 12.5 Å². The van der Waals surface area contributed by atoms with Crippen LogP contribution in [0, 0.1) is 11.8 Å². The summed E-state index contributed by atoms with van der Waals surface area (Å²) in [6.07, 6.45) is 4.17. The number of amides is 1. The summed E-state index contributed by atoms with van der Waals surface area (Å²) in [6, 6.07) is 7.17. The third-order valence-electron chi connectivity index (χ3n) is 2.53. The number of nitrogens with one attached hydrogen (secondary N) is 1. The van der Waals surface area contributed by atoms with Gasteiger partial charge in [-0.15, -0.1) is 0 Å². The lowest BCUT2D eigenvalue weighted by atomic mass is 10.1. The summed E-state index contributed by atoms with van der Waals surface area (Å²) in [5, 5.41) is 11.6. The quantitative estimate of drug-likeness (QED) is 0.617. The molecule has 4 heteroatoms. The van der Waals surface area contributed by atoms with E-state index >= 15 is 0 Å². The Hall–Kier alpha value is -1.44. The Kier molecular flexibility index (Phi) is 7.80. The zero-order chi connectivity index (χ0) is 13.9. The van der Waals surface area contributed by atoms with E-state index < -0.39 is 0 Å². The standard InChI is InChI=1S/C15H19NO2S/c1-19-12-5-4-10-16-15(18)14-9-3-2-7-13(14)8-6-11-17/h2-3,7,9,17H,4-5,10-12H2,1H3,(H,16,18). The van der Waals surface area contributed by atoms with Gasteiger partial charge in [-0.1, -0.05) is 24.0 Å². The molecule has 0 saturated carbocycles. The average Bonchev–Trinajstić information content (AvgIpc) is 2.45. The van der Waals surface area contributed by atoms with Crippen molar-refractivity contribution < 1.29 is 9.90 Å². The fourth-order valence-electron chi connectivity index (χ4n) is 1.59. The van der Waals surface area contributed by atoms with Crippen molar-refractivity contribution in [2.45, 2.75) is 12.8 Å². The fourth-order valence-corrected chi connectivity index (χ4v) is 2.09. The van der Waals surface area contributed by atoms with E-state index in [2.05, 4.69) is 23.4 Å². The smallest absolute Gasteiger partial charge is 0.252 e. The van der Waals surface area contributed by atoms with Gasteiger partial charge < -0.3 is 10.4 Å². The first kappa shape index (κ1) is 15.6. The molecule has 2 N–H and O–H groups in total. The second-order valence-corrected chi connectivity index (χ2v) is 4.95. The van der Waals surface area contributed by atoms with Crippen molar-refractivity contribution >= 4 is 17.7 Å². The third kappa shape index (κ3) is 5.82. The van der Waals surface area contributed by atoms with Crippen molar-refractivity contribution in [3.63, 3.8) is 0 Å². The van der Waals surface area contributed by atoms with Gasteiger partial charge in [0, 0.05) is 12.1 Å². The molecule has 1 aromatic carbocycles. The zero-order valence-corrected chi connectivity index (χ0v) is 11.9. The van der Waals surface area contributed by atoms with Crippen LogP contribution in [0.3, 0.4) is 0 Å². The van der Waals surface area contributed by atoms with Crippen LogP contribution in [-0.2, 0) is 0 Å². The van der Waals surface area contributed by atoms with E-state index in [4.69, 9.17) is 5.11 Å². The van der Waals surface area contributed by atoms with Crippen LogP contribution in [0.2, 0.25) is 0 Å². The lowest BCUT2D eigenvalue weighted by molar-refractivity contribution is 0.0953. The van der Waals surface area contributed by atoms with Gasteiger partial charge in [0.05, 0.1) is 5.56 Å². The number of rotatable bonds is 6. The molecule has 0 aromatic heterocycles. The number of carbonyl (C=O) groups is 1. The number of aliphatic hydroxyl groups is 1. The SMILES string of the molecule is CSCCCCNC(=O)c1ccccc1C#CCO. The Balaban J connectivity index is 2.56. The molecule has 1 amide bonds. The van der Waals surface area contributed by atoms with Crippen LogP contribution < -0.4 is 5.32 Å². The van der Waals surface area contributed by atoms with E-state index in [1.807, 2.05) is 23.9 Å². The minimum absolute atomic E-state index is 0.105. The first-order chi connectivity index (χ1) is 9.29. The van der Waals surface area contributed by atoms with Crippen LogP contribution in [0.15, 0.2) is 24.3 Å². The van der Waals surface area contributed by atoms with Gasteiger partial charge in [-0.3, -0.25) is 4.79 Å². The summed E-state index contributed by atoms with van der Waals surface area (Å²) in [7, 11) is 0. The highest BCUT2D eigenvalue weighted by atomic mass is 32.2. The molecule has 0 radical (unpaired) electrons. The molecule has 0 atom stereocenters. The van der Waals surface area contributed by atoms with E-state index in [1.54, 1.807) is 12.1 Å². The van der Waals surface area contributed by atoms with Gasteiger partial charge >= 0.3 is 0 Å². The molecule has 0 aliphatic carbocycles. The van der Waals surface area contributed by atoms with Gasteiger partial charge in [0.1, 0.15) is 6.61 Å². The van der Waals surface area contributed by atoms with Crippen LogP contribution in [0.1, 0.15) is 28.8 Å².